The van der Waals surface area contributed by atoms with Crippen LogP contribution >= 0.6 is 0 Å². The van der Waals surface area contributed by atoms with Gasteiger partial charge >= 0.3 is 0 Å². The molecular formula is C7H16N2O. The Hall–Kier alpha value is -0.570. The summed E-state index contributed by atoms with van der Waals surface area (Å²) in [6, 6.07) is 0.107. The van der Waals surface area contributed by atoms with Crippen LogP contribution in [-0.4, -0.2) is 18.5 Å². The van der Waals surface area contributed by atoms with Gasteiger partial charge in [0.05, 0.1) is 0 Å². The van der Waals surface area contributed by atoms with Crippen LogP contribution in [-0.2, 0) is 4.79 Å². The zero-order chi connectivity index (χ0) is 7.98. The lowest BCUT2D eigenvalue weighted by molar-refractivity contribution is -0.120. The SMILES string of the molecule is CCC(=O)NCC(N)CC. The topological polar surface area (TPSA) is 55.1 Å². The average Bonchev–Trinajstić information content (AvgIpc) is 1.99. The minimum absolute atomic E-state index is 0.0731. The van der Waals surface area contributed by atoms with Crippen molar-refractivity contribution in [2.24, 2.45) is 5.73 Å². The lowest BCUT2D eigenvalue weighted by atomic mass is 10.2. The molecule has 1 unspecified atom stereocenters. The number of hydrogen-bond acceptors (Lipinski definition) is 2. The molecule has 0 aliphatic carbocycles. The van der Waals surface area contributed by atoms with Gasteiger partial charge in [-0.05, 0) is 6.42 Å². The quantitative estimate of drug-likeness (QED) is 0.594. The van der Waals surface area contributed by atoms with E-state index in [1.54, 1.807) is 0 Å². The minimum atomic E-state index is 0.0731. The molecule has 0 spiro atoms. The second-order valence-corrected chi connectivity index (χ2v) is 2.33. The zero-order valence-electron chi connectivity index (χ0n) is 6.68. The second kappa shape index (κ2) is 5.23. The molecule has 1 atom stereocenters. The van der Waals surface area contributed by atoms with Crippen LogP contribution in [0.1, 0.15) is 26.7 Å². The molecular weight excluding hydrogens is 128 g/mol. The van der Waals surface area contributed by atoms with Crippen molar-refractivity contribution in [3.05, 3.63) is 0 Å². The molecule has 60 valence electrons. The first kappa shape index (κ1) is 9.43. The van der Waals surface area contributed by atoms with Gasteiger partial charge in [-0.2, -0.15) is 0 Å². The van der Waals surface area contributed by atoms with Crippen LogP contribution in [0.25, 0.3) is 0 Å². The highest BCUT2D eigenvalue weighted by Crippen LogP contribution is 1.83. The molecule has 0 aromatic rings. The normalized spacial score (nSPS) is 12.7. The van der Waals surface area contributed by atoms with E-state index in [9.17, 15) is 4.79 Å². The van der Waals surface area contributed by atoms with Gasteiger partial charge in [0, 0.05) is 19.0 Å². The van der Waals surface area contributed by atoms with Crippen molar-refractivity contribution in [2.45, 2.75) is 32.7 Å². The molecule has 0 aliphatic heterocycles. The van der Waals surface area contributed by atoms with E-state index in [0.717, 1.165) is 6.42 Å². The largest absolute Gasteiger partial charge is 0.355 e. The van der Waals surface area contributed by atoms with E-state index in [1.807, 2.05) is 13.8 Å². The molecule has 3 N–H and O–H groups in total. The predicted molar refractivity (Wildman–Crippen MR) is 41.6 cm³/mol. The van der Waals surface area contributed by atoms with Crippen LogP contribution in [0, 0.1) is 0 Å². The van der Waals surface area contributed by atoms with Crippen molar-refractivity contribution in [3.63, 3.8) is 0 Å². The molecule has 0 heterocycles. The predicted octanol–water partition coefficient (Wildman–Crippen LogP) is 0.250. The first-order chi connectivity index (χ1) is 4.70. The van der Waals surface area contributed by atoms with E-state index in [0.29, 0.717) is 13.0 Å². The molecule has 0 saturated heterocycles. The molecule has 3 nitrogen and oxygen atoms in total. The van der Waals surface area contributed by atoms with Crippen LogP contribution in [0.3, 0.4) is 0 Å². The summed E-state index contributed by atoms with van der Waals surface area (Å²) in [5, 5.41) is 2.72. The van der Waals surface area contributed by atoms with Crippen LogP contribution in [0.5, 0.6) is 0 Å². The number of rotatable bonds is 4. The minimum Gasteiger partial charge on any atom is -0.355 e. The Kier molecular flexibility index (Phi) is 4.94. The molecule has 0 fully saturated rings. The molecule has 0 aromatic carbocycles. The van der Waals surface area contributed by atoms with Gasteiger partial charge in [0.25, 0.3) is 0 Å². The van der Waals surface area contributed by atoms with Gasteiger partial charge in [-0.1, -0.05) is 13.8 Å². The van der Waals surface area contributed by atoms with E-state index >= 15 is 0 Å². The smallest absolute Gasteiger partial charge is 0.219 e. The van der Waals surface area contributed by atoms with Gasteiger partial charge in [0.1, 0.15) is 0 Å². The van der Waals surface area contributed by atoms with Crippen molar-refractivity contribution in [2.75, 3.05) is 6.54 Å². The number of nitrogens with one attached hydrogen (secondary N) is 1. The molecule has 0 aromatic heterocycles. The Balaban J connectivity index is 3.26. The fraction of sp³-hybridized carbons (Fsp3) is 0.857. The van der Waals surface area contributed by atoms with E-state index < -0.39 is 0 Å². The highest BCUT2D eigenvalue weighted by molar-refractivity contribution is 5.75. The fourth-order valence-electron chi connectivity index (χ4n) is 0.514. The van der Waals surface area contributed by atoms with Gasteiger partial charge in [0.15, 0.2) is 0 Å². The monoisotopic (exact) mass is 144 g/mol. The van der Waals surface area contributed by atoms with Crippen molar-refractivity contribution in [3.8, 4) is 0 Å². The van der Waals surface area contributed by atoms with E-state index in [2.05, 4.69) is 5.32 Å². The molecule has 1 amide bonds. The summed E-state index contributed by atoms with van der Waals surface area (Å²) in [7, 11) is 0. The Morgan fingerprint density at radius 2 is 2.20 bits per heavy atom. The van der Waals surface area contributed by atoms with E-state index in [1.165, 1.54) is 0 Å². The van der Waals surface area contributed by atoms with Gasteiger partial charge in [0.2, 0.25) is 5.91 Å². The lowest BCUT2D eigenvalue weighted by Crippen LogP contribution is -2.36. The number of nitrogens with two attached hydrogens (primary N) is 1. The third-order valence-corrected chi connectivity index (χ3v) is 1.41. The maximum absolute atomic E-state index is 10.7. The van der Waals surface area contributed by atoms with Gasteiger partial charge in [-0.3, -0.25) is 4.79 Å². The summed E-state index contributed by atoms with van der Waals surface area (Å²) in [6.45, 7) is 4.43. The summed E-state index contributed by atoms with van der Waals surface area (Å²) in [5.74, 6) is 0.0731. The van der Waals surface area contributed by atoms with Crippen LogP contribution in [0.2, 0.25) is 0 Å². The third-order valence-electron chi connectivity index (χ3n) is 1.41. The maximum Gasteiger partial charge on any atom is 0.219 e. The molecule has 0 saturated carbocycles. The molecule has 0 aliphatic rings. The summed E-state index contributed by atoms with van der Waals surface area (Å²) < 4.78 is 0. The fourth-order valence-corrected chi connectivity index (χ4v) is 0.514. The summed E-state index contributed by atoms with van der Waals surface area (Å²) in [6.07, 6.45) is 1.44. The molecule has 3 heteroatoms. The standard InChI is InChI=1S/C7H16N2O/c1-3-6(8)5-9-7(10)4-2/h6H,3-5,8H2,1-2H3,(H,9,10). The van der Waals surface area contributed by atoms with Gasteiger partial charge in [-0.15, -0.1) is 0 Å². The third kappa shape index (κ3) is 4.32. The van der Waals surface area contributed by atoms with Gasteiger partial charge < -0.3 is 11.1 Å². The molecule has 10 heavy (non-hydrogen) atoms. The van der Waals surface area contributed by atoms with Crippen molar-refractivity contribution >= 4 is 5.91 Å². The maximum atomic E-state index is 10.7. The van der Waals surface area contributed by atoms with E-state index in [-0.39, 0.29) is 11.9 Å². The molecule has 0 bridgehead atoms. The highest BCUT2D eigenvalue weighted by atomic mass is 16.1. The second-order valence-electron chi connectivity index (χ2n) is 2.33. The Morgan fingerprint density at radius 1 is 1.60 bits per heavy atom. The highest BCUT2D eigenvalue weighted by Gasteiger charge is 2.00. The molecule has 0 rings (SSSR count). The summed E-state index contributed by atoms with van der Waals surface area (Å²) >= 11 is 0. The Bertz CT molecular complexity index is 104. The van der Waals surface area contributed by atoms with Crippen molar-refractivity contribution in [1.29, 1.82) is 0 Å². The van der Waals surface area contributed by atoms with Crippen LogP contribution < -0.4 is 11.1 Å². The first-order valence-electron chi connectivity index (χ1n) is 3.73. The zero-order valence-corrected chi connectivity index (χ0v) is 6.68. The number of carbonyl (C=O) groups excluding carboxylic acids is 1. The summed E-state index contributed by atoms with van der Waals surface area (Å²) in [5.41, 5.74) is 5.56. The Labute approximate surface area is 62.0 Å². The lowest BCUT2D eigenvalue weighted by Gasteiger charge is -2.08. The molecule has 0 radical (unpaired) electrons. The number of carbonyl (C=O) groups is 1. The Morgan fingerprint density at radius 3 is 2.60 bits per heavy atom. The van der Waals surface area contributed by atoms with Gasteiger partial charge in [-0.25, -0.2) is 0 Å². The average molecular weight is 144 g/mol. The summed E-state index contributed by atoms with van der Waals surface area (Å²) in [4.78, 5) is 10.7. The van der Waals surface area contributed by atoms with Crippen molar-refractivity contribution in [1.82, 2.24) is 5.32 Å². The van der Waals surface area contributed by atoms with Crippen LogP contribution in [0.15, 0.2) is 0 Å². The number of hydrogen-bond donors (Lipinski definition) is 2. The van der Waals surface area contributed by atoms with E-state index in [4.69, 9.17) is 5.73 Å². The van der Waals surface area contributed by atoms with Crippen molar-refractivity contribution < 1.29 is 4.79 Å². The number of amides is 1. The van der Waals surface area contributed by atoms with Crippen LogP contribution in [0.4, 0.5) is 0 Å². The first-order valence-corrected chi connectivity index (χ1v) is 3.73.